The van der Waals surface area contributed by atoms with Crippen LogP contribution in [0.1, 0.15) is 57.7 Å². The highest BCUT2D eigenvalue weighted by Gasteiger charge is 2.56. The van der Waals surface area contributed by atoms with Gasteiger partial charge in [-0.3, -0.25) is 0 Å². The van der Waals surface area contributed by atoms with Crippen molar-refractivity contribution in [2.75, 3.05) is 13.2 Å². The lowest BCUT2D eigenvalue weighted by molar-refractivity contribution is -0.125. The van der Waals surface area contributed by atoms with Crippen LogP contribution >= 0.6 is 24.0 Å². The van der Waals surface area contributed by atoms with Gasteiger partial charge in [0.15, 0.2) is 11.8 Å². The zero-order valence-corrected chi connectivity index (χ0v) is 17.7. The first-order valence-electron chi connectivity index (χ1n) is 9.13. The first-order valence-corrected chi connectivity index (χ1v) is 9.13. The van der Waals surface area contributed by atoms with E-state index in [0.717, 1.165) is 25.5 Å². The van der Waals surface area contributed by atoms with Gasteiger partial charge in [-0.05, 0) is 33.1 Å². The number of aliphatic imine (C=N–C) groups is 1. The number of nitrogens with zero attached hydrogens (tertiary/aromatic N) is 3. The molecule has 3 rings (SSSR count). The molecule has 2 saturated carbocycles. The molecule has 2 atom stereocenters. The van der Waals surface area contributed by atoms with Crippen molar-refractivity contribution < 1.29 is 9.26 Å². The zero-order chi connectivity index (χ0) is 17.0. The van der Waals surface area contributed by atoms with Gasteiger partial charge in [0.2, 0.25) is 5.89 Å². The Bertz CT molecular complexity index is 571. The van der Waals surface area contributed by atoms with Crippen molar-refractivity contribution in [1.82, 2.24) is 20.8 Å². The Kier molecular flexibility index (Phi) is 7.48. The van der Waals surface area contributed by atoms with Crippen molar-refractivity contribution in [3.8, 4) is 0 Å². The standard InChI is InChI=1S/C17H29N5O2.HI/c1-4-18-16(19-11-15-20-12(3)24-22-15)21-13-10-14(23-5-2)17(13)8-6-7-9-17;/h13-14H,4-11H2,1-3H3,(H2,18,19,21);1H. The summed E-state index contributed by atoms with van der Waals surface area (Å²) in [6.07, 6.45) is 6.55. The number of halogens is 1. The molecular formula is C17H30IN5O2. The predicted molar refractivity (Wildman–Crippen MR) is 107 cm³/mol. The van der Waals surface area contributed by atoms with Crippen molar-refractivity contribution in [3.05, 3.63) is 11.7 Å². The molecule has 0 bridgehead atoms. The van der Waals surface area contributed by atoms with Crippen LogP contribution in [0.3, 0.4) is 0 Å². The molecular weight excluding hydrogens is 433 g/mol. The minimum atomic E-state index is 0. The number of nitrogens with one attached hydrogen (secondary N) is 2. The summed E-state index contributed by atoms with van der Waals surface area (Å²) in [5, 5.41) is 10.8. The van der Waals surface area contributed by atoms with Crippen LogP contribution in [0.25, 0.3) is 0 Å². The van der Waals surface area contributed by atoms with Gasteiger partial charge in [0.25, 0.3) is 0 Å². The summed E-state index contributed by atoms with van der Waals surface area (Å²) < 4.78 is 11.0. The maximum Gasteiger partial charge on any atom is 0.223 e. The van der Waals surface area contributed by atoms with E-state index in [4.69, 9.17) is 9.26 Å². The second-order valence-electron chi connectivity index (χ2n) is 6.74. The van der Waals surface area contributed by atoms with Crippen molar-refractivity contribution in [3.63, 3.8) is 0 Å². The Hall–Kier alpha value is -0.900. The molecule has 0 radical (unpaired) electrons. The number of aryl methyl sites for hydroxylation is 1. The van der Waals surface area contributed by atoms with Crippen molar-refractivity contribution in [1.29, 1.82) is 0 Å². The second-order valence-corrected chi connectivity index (χ2v) is 6.74. The van der Waals surface area contributed by atoms with Gasteiger partial charge in [-0.25, -0.2) is 4.99 Å². The molecule has 25 heavy (non-hydrogen) atoms. The lowest BCUT2D eigenvalue weighted by Crippen LogP contribution is -2.65. The van der Waals surface area contributed by atoms with Crippen LogP contribution < -0.4 is 10.6 Å². The van der Waals surface area contributed by atoms with Crippen molar-refractivity contribution >= 4 is 29.9 Å². The molecule has 0 aliphatic heterocycles. The Morgan fingerprint density at radius 3 is 2.72 bits per heavy atom. The second kappa shape index (κ2) is 9.16. The molecule has 1 spiro atoms. The minimum Gasteiger partial charge on any atom is -0.378 e. The third kappa shape index (κ3) is 4.45. The van der Waals surface area contributed by atoms with E-state index in [1.54, 1.807) is 6.92 Å². The zero-order valence-electron chi connectivity index (χ0n) is 15.4. The molecule has 142 valence electrons. The summed E-state index contributed by atoms with van der Waals surface area (Å²) in [4.78, 5) is 8.82. The van der Waals surface area contributed by atoms with E-state index in [1.165, 1.54) is 25.7 Å². The highest BCUT2D eigenvalue weighted by molar-refractivity contribution is 14.0. The number of hydrogen-bond acceptors (Lipinski definition) is 5. The molecule has 2 aliphatic rings. The quantitative estimate of drug-likeness (QED) is 0.384. The highest BCUT2D eigenvalue weighted by atomic mass is 127. The van der Waals surface area contributed by atoms with Gasteiger partial charge in [0, 0.05) is 31.5 Å². The molecule has 7 nitrogen and oxygen atoms in total. The van der Waals surface area contributed by atoms with E-state index >= 15 is 0 Å². The average molecular weight is 463 g/mol. The fourth-order valence-electron chi connectivity index (χ4n) is 4.13. The van der Waals surface area contributed by atoms with Crippen LogP contribution in [0.15, 0.2) is 9.52 Å². The molecule has 8 heteroatoms. The Morgan fingerprint density at radius 1 is 1.36 bits per heavy atom. The molecule has 0 saturated heterocycles. The highest BCUT2D eigenvalue weighted by Crippen LogP contribution is 2.54. The maximum atomic E-state index is 5.99. The molecule has 1 heterocycles. The first kappa shape index (κ1) is 20.4. The monoisotopic (exact) mass is 463 g/mol. The van der Waals surface area contributed by atoms with Crippen LogP contribution in [-0.4, -0.2) is 41.4 Å². The van der Waals surface area contributed by atoms with Crippen LogP contribution in [0.5, 0.6) is 0 Å². The van der Waals surface area contributed by atoms with E-state index in [2.05, 4.69) is 39.6 Å². The minimum absolute atomic E-state index is 0. The molecule has 2 N–H and O–H groups in total. The summed E-state index contributed by atoms with van der Waals surface area (Å²) in [5.74, 6) is 2.01. The van der Waals surface area contributed by atoms with Crippen LogP contribution in [0.2, 0.25) is 0 Å². The van der Waals surface area contributed by atoms with Crippen molar-refractivity contribution in [2.45, 2.75) is 71.6 Å². The predicted octanol–water partition coefficient (Wildman–Crippen LogP) is 2.79. The van der Waals surface area contributed by atoms with Gasteiger partial charge in [-0.2, -0.15) is 4.98 Å². The smallest absolute Gasteiger partial charge is 0.223 e. The summed E-state index contributed by atoms with van der Waals surface area (Å²) in [5.41, 5.74) is 0.287. The normalized spacial score (nSPS) is 24.7. The fourth-order valence-corrected chi connectivity index (χ4v) is 4.13. The van der Waals surface area contributed by atoms with E-state index in [9.17, 15) is 0 Å². The first-order chi connectivity index (χ1) is 11.7. The number of aromatic nitrogens is 2. The van der Waals surface area contributed by atoms with Gasteiger partial charge in [-0.15, -0.1) is 24.0 Å². The molecule has 0 amide bonds. The number of ether oxygens (including phenoxy) is 1. The number of hydrogen-bond donors (Lipinski definition) is 2. The van der Waals surface area contributed by atoms with Crippen LogP contribution in [0.4, 0.5) is 0 Å². The van der Waals surface area contributed by atoms with Gasteiger partial charge >= 0.3 is 0 Å². The van der Waals surface area contributed by atoms with E-state index in [-0.39, 0.29) is 29.4 Å². The SMILES string of the molecule is CCNC(=NCc1noc(C)n1)NC1CC(OCC)C12CCCC2.I. The van der Waals surface area contributed by atoms with E-state index in [0.29, 0.717) is 30.4 Å². The van der Waals surface area contributed by atoms with Gasteiger partial charge in [0.05, 0.1) is 6.10 Å². The summed E-state index contributed by atoms with van der Waals surface area (Å²) in [7, 11) is 0. The largest absolute Gasteiger partial charge is 0.378 e. The van der Waals surface area contributed by atoms with Crippen LogP contribution in [-0.2, 0) is 11.3 Å². The van der Waals surface area contributed by atoms with Gasteiger partial charge in [-0.1, -0.05) is 18.0 Å². The molecule has 2 unspecified atom stereocenters. The lowest BCUT2D eigenvalue weighted by atomic mass is 9.60. The average Bonchev–Trinajstić information content (AvgIpc) is 3.22. The maximum absolute atomic E-state index is 5.99. The molecule has 2 fully saturated rings. The van der Waals surface area contributed by atoms with E-state index in [1.807, 2.05) is 0 Å². The number of guanidine groups is 1. The Balaban J connectivity index is 0.00000225. The third-order valence-corrected chi connectivity index (χ3v) is 5.29. The molecule has 0 aromatic carbocycles. The molecule has 1 aromatic rings. The third-order valence-electron chi connectivity index (χ3n) is 5.29. The van der Waals surface area contributed by atoms with E-state index < -0.39 is 0 Å². The molecule has 1 aromatic heterocycles. The summed E-state index contributed by atoms with van der Waals surface area (Å²) in [6, 6.07) is 0.432. The Labute approximate surface area is 166 Å². The lowest BCUT2D eigenvalue weighted by Gasteiger charge is -2.54. The topological polar surface area (TPSA) is 84.6 Å². The Morgan fingerprint density at radius 2 is 2.12 bits per heavy atom. The molecule has 2 aliphatic carbocycles. The van der Waals surface area contributed by atoms with Gasteiger partial charge < -0.3 is 19.9 Å². The summed E-state index contributed by atoms with van der Waals surface area (Å²) >= 11 is 0. The van der Waals surface area contributed by atoms with Gasteiger partial charge in [0.1, 0.15) is 6.54 Å². The van der Waals surface area contributed by atoms with Crippen LogP contribution in [0, 0.1) is 12.3 Å². The van der Waals surface area contributed by atoms with Crippen molar-refractivity contribution in [2.24, 2.45) is 10.4 Å². The summed E-state index contributed by atoms with van der Waals surface area (Å²) in [6.45, 7) is 7.99. The number of rotatable bonds is 6. The fraction of sp³-hybridized carbons (Fsp3) is 0.824.